The fraction of sp³-hybridized carbons (Fsp3) is 0.192. The van der Waals surface area contributed by atoms with E-state index >= 15 is 0 Å². The van der Waals surface area contributed by atoms with E-state index in [1.165, 1.54) is 0 Å². The van der Waals surface area contributed by atoms with Gasteiger partial charge in [-0.2, -0.15) is 0 Å². The van der Waals surface area contributed by atoms with Gasteiger partial charge in [0, 0.05) is 6.42 Å². The van der Waals surface area contributed by atoms with E-state index in [4.69, 9.17) is 14.2 Å². The van der Waals surface area contributed by atoms with Gasteiger partial charge in [-0.05, 0) is 64.9 Å². The maximum Gasteiger partial charge on any atom is 0.231 e. The van der Waals surface area contributed by atoms with Crippen LogP contribution in [0.15, 0.2) is 78.9 Å². The Labute approximate surface area is 175 Å². The molecule has 0 spiro atoms. The molecule has 1 aliphatic carbocycles. The largest absolute Gasteiger partial charge is 0.489 e. The number of carbonyl (C=O) groups is 1. The molecule has 0 fully saturated rings. The monoisotopic (exact) mass is 398 g/mol. The van der Waals surface area contributed by atoms with Gasteiger partial charge >= 0.3 is 0 Å². The molecule has 150 valence electrons. The highest BCUT2D eigenvalue weighted by Gasteiger charge is 2.25. The minimum atomic E-state index is 0.126. The molecule has 4 nitrogen and oxygen atoms in total. The van der Waals surface area contributed by atoms with E-state index in [1.807, 2.05) is 72.8 Å². The maximum absolute atomic E-state index is 12.5. The second-order valence-electron chi connectivity index (χ2n) is 7.66. The summed E-state index contributed by atoms with van der Waals surface area (Å²) in [5.74, 6) is 2.60. The van der Waals surface area contributed by atoms with Crippen molar-refractivity contribution in [2.45, 2.75) is 25.4 Å². The number of rotatable bonds is 5. The number of hydrogen-bond donors (Lipinski definition) is 0. The van der Waals surface area contributed by atoms with Crippen molar-refractivity contribution in [3.8, 4) is 17.2 Å². The van der Waals surface area contributed by atoms with Crippen molar-refractivity contribution in [1.82, 2.24) is 0 Å². The number of benzene rings is 3. The molecule has 0 saturated heterocycles. The van der Waals surface area contributed by atoms with Gasteiger partial charge in [-0.15, -0.1) is 0 Å². The average molecular weight is 398 g/mol. The van der Waals surface area contributed by atoms with Crippen molar-refractivity contribution in [2.75, 3.05) is 6.79 Å². The lowest BCUT2D eigenvalue weighted by Gasteiger charge is -2.23. The lowest BCUT2D eigenvalue weighted by Crippen LogP contribution is -2.12. The molecule has 0 unspecified atom stereocenters. The molecule has 3 aromatic carbocycles. The third-order valence-corrected chi connectivity index (χ3v) is 5.57. The molecule has 1 heterocycles. The first-order chi connectivity index (χ1) is 14.7. The zero-order chi connectivity index (χ0) is 20.3. The Hall–Kier alpha value is -3.53. The number of carbonyl (C=O) groups excluding carboxylic acids is 1. The normalized spacial score (nSPS) is 17.5. The Balaban J connectivity index is 1.34. The second kappa shape index (κ2) is 8.07. The number of fused-ring (bicyclic) bond motifs is 1. The molecule has 0 N–H and O–H groups in total. The van der Waals surface area contributed by atoms with Crippen LogP contribution in [-0.4, -0.2) is 12.6 Å². The highest BCUT2D eigenvalue weighted by molar-refractivity contribution is 5.99. The van der Waals surface area contributed by atoms with Gasteiger partial charge in [0.2, 0.25) is 6.79 Å². The molecule has 0 bridgehead atoms. The van der Waals surface area contributed by atoms with Crippen molar-refractivity contribution >= 4 is 11.4 Å². The molecule has 30 heavy (non-hydrogen) atoms. The van der Waals surface area contributed by atoms with E-state index in [1.54, 1.807) is 6.08 Å². The first kappa shape index (κ1) is 18.5. The molecular formula is C26H22O4. The Morgan fingerprint density at radius 1 is 0.867 bits per heavy atom. The molecule has 2 aliphatic rings. The molecule has 3 aromatic rings. The predicted molar refractivity (Wildman–Crippen MR) is 115 cm³/mol. The van der Waals surface area contributed by atoms with E-state index < -0.39 is 0 Å². The zero-order valence-corrected chi connectivity index (χ0v) is 16.5. The Morgan fingerprint density at radius 2 is 1.73 bits per heavy atom. The summed E-state index contributed by atoms with van der Waals surface area (Å²) in [6, 6.07) is 24.0. The van der Waals surface area contributed by atoms with Crippen LogP contribution in [0.3, 0.4) is 0 Å². The fourth-order valence-electron chi connectivity index (χ4n) is 4.02. The summed E-state index contributed by atoms with van der Waals surface area (Å²) in [5, 5.41) is 0. The first-order valence-electron chi connectivity index (χ1n) is 10.1. The van der Waals surface area contributed by atoms with Gasteiger partial charge in [0.15, 0.2) is 17.3 Å². The quantitative estimate of drug-likeness (QED) is 0.567. The molecule has 1 atom stereocenters. The summed E-state index contributed by atoms with van der Waals surface area (Å²) in [7, 11) is 0. The summed E-state index contributed by atoms with van der Waals surface area (Å²) in [6.07, 6.45) is 3.08. The second-order valence-corrected chi connectivity index (χ2v) is 7.66. The highest BCUT2D eigenvalue weighted by Crippen LogP contribution is 2.40. The molecule has 4 heteroatoms. The summed E-state index contributed by atoms with van der Waals surface area (Å²) >= 11 is 0. The van der Waals surface area contributed by atoms with E-state index in [0.717, 1.165) is 45.9 Å². The molecular weight excluding hydrogens is 376 g/mol. The van der Waals surface area contributed by atoms with Crippen molar-refractivity contribution in [2.24, 2.45) is 0 Å². The first-order valence-corrected chi connectivity index (χ1v) is 10.1. The molecule has 5 rings (SSSR count). The smallest absolute Gasteiger partial charge is 0.231 e. The predicted octanol–water partition coefficient (Wildman–Crippen LogP) is 5.52. The average Bonchev–Trinajstić information content (AvgIpc) is 3.26. The van der Waals surface area contributed by atoms with Crippen molar-refractivity contribution in [3.05, 3.63) is 95.6 Å². The minimum Gasteiger partial charge on any atom is -0.489 e. The Bertz CT molecular complexity index is 1100. The van der Waals surface area contributed by atoms with Crippen LogP contribution in [0.1, 0.15) is 35.4 Å². The van der Waals surface area contributed by atoms with Gasteiger partial charge in [0.1, 0.15) is 12.4 Å². The maximum atomic E-state index is 12.5. The van der Waals surface area contributed by atoms with E-state index in [-0.39, 0.29) is 18.5 Å². The van der Waals surface area contributed by atoms with Crippen LogP contribution in [0.25, 0.3) is 5.57 Å². The van der Waals surface area contributed by atoms with Gasteiger partial charge in [-0.25, -0.2) is 0 Å². The summed E-state index contributed by atoms with van der Waals surface area (Å²) < 4.78 is 16.9. The zero-order valence-electron chi connectivity index (χ0n) is 16.5. The van der Waals surface area contributed by atoms with E-state index in [0.29, 0.717) is 13.0 Å². The van der Waals surface area contributed by atoms with Crippen LogP contribution in [-0.2, 0) is 11.4 Å². The van der Waals surface area contributed by atoms with Crippen LogP contribution >= 0.6 is 0 Å². The lowest BCUT2D eigenvalue weighted by molar-refractivity contribution is -0.115. The van der Waals surface area contributed by atoms with Gasteiger partial charge < -0.3 is 14.2 Å². The number of ether oxygens (including phenoxy) is 3. The summed E-state index contributed by atoms with van der Waals surface area (Å²) in [4.78, 5) is 12.5. The Kier molecular flexibility index (Phi) is 4.98. The number of allylic oxidation sites excluding steroid dienone is 2. The van der Waals surface area contributed by atoms with E-state index in [9.17, 15) is 4.79 Å². The molecule has 0 radical (unpaired) electrons. The van der Waals surface area contributed by atoms with Gasteiger partial charge in [0.25, 0.3) is 0 Å². The number of hydrogen-bond acceptors (Lipinski definition) is 4. The molecule has 0 saturated carbocycles. The third kappa shape index (κ3) is 3.94. The Morgan fingerprint density at radius 3 is 2.63 bits per heavy atom. The fourth-order valence-corrected chi connectivity index (χ4v) is 4.02. The highest BCUT2D eigenvalue weighted by atomic mass is 16.7. The van der Waals surface area contributed by atoms with E-state index in [2.05, 4.69) is 0 Å². The van der Waals surface area contributed by atoms with Crippen LogP contribution in [0, 0.1) is 0 Å². The summed E-state index contributed by atoms with van der Waals surface area (Å²) in [5.41, 5.74) is 4.30. The van der Waals surface area contributed by atoms with Gasteiger partial charge in [-0.1, -0.05) is 48.5 Å². The molecule has 0 amide bonds. The van der Waals surface area contributed by atoms with Crippen molar-refractivity contribution < 1.29 is 19.0 Å². The van der Waals surface area contributed by atoms with Crippen LogP contribution in [0.4, 0.5) is 0 Å². The van der Waals surface area contributed by atoms with Gasteiger partial charge in [0.05, 0.1) is 0 Å². The van der Waals surface area contributed by atoms with Gasteiger partial charge in [-0.3, -0.25) is 4.79 Å². The van der Waals surface area contributed by atoms with Crippen molar-refractivity contribution in [1.29, 1.82) is 0 Å². The molecule has 0 aromatic heterocycles. The standard InChI is InChI=1S/C26H22O4/c27-23-12-21(11-22(13-23)20-9-10-25-26(15-20)30-17-29-25)19-7-4-8-24(14-19)28-16-18-5-2-1-3-6-18/h1-10,12,14-15,22H,11,13,16-17H2/t22-/m1/s1. The topological polar surface area (TPSA) is 44.8 Å². The van der Waals surface area contributed by atoms with Crippen molar-refractivity contribution in [3.63, 3.8) is 0 Å². The van der Waals surface area contributed by atoms with Crippen LogP contribution < -0.4 is 14.2 Å². The minimum absolute atomic E-state index is 0.126. The SMILES string of the molecule is O=C1C=C(c2cccc(OCc3ccccc3)c2)C[C@@H](c2ccc3c(c2)OCO3)C1. The van der Waals surface area contributed by atoms with Crippen LogP contribution in [0.5, 0.6) is 17.2 Å². The third-order valence-electron chi connectivity index (χ3n) is 5.57. The number of ketones is 1. The summed E-state index contributed by atoms with van der Waals surface area (Å²) in [6.45, 7) is 0.769. The lowest BCUT2D eigenvalue weighted by atomic mass is 9.81. The van der Waals surface area contributed by atoms with Crippen LogP contribution in [0.2, 0.25) is 0 Å². The molecule has 1 aliphatic heterocycles.